The van der Waals surface area contributed by atoms with Crippen LogP contribution in [0.25, 0.3) is 10.9 Å². The van der Waals surface area contributed by atoms with E-state index in [-0.39, 0.29) is 28.0 Å². The quantitative estimate of drug-likeness (QED) is 0.614. The second kappa shape index (κ2) is 7.21. The first-order valence-corrected chi connectivity index (χ1v) is 8.80. The summed E-state index contributed by atoms with van der Waals surface area (Å²) in [4.78, 5) is 31.4. The smallest absolute Gasteiger partial charge is 0.449 e. The number of halogens is 2. The Hall–Kier alpha value is -2.97. The largest absolute Gasteiger partial charge is 0.511 e. The zero-order valence-corrected chi connectivity index (χ0v) is 15.8. The predicted molar refractivity (Wildman–Crippen MR) is 102 cm³/mol. The van der Waals surface area contributed by atoms with Crippen LogP contribution < -0.4 is 15.1 Å². The maximum Gasteiger partial charge on any atom is 0.511 e. The lowest BCUT2D eigenvalue weighted by molar-refractivity contribution is 0.144. The van der Waals surface area contributed by atoms with E-state index in [1.54, 1.807) is 4.90 Å². The van der Waals surface area contributed by atoms with E-state index in [9.17, 15) is 14.0 Å². The van der Waals surface area contributed by atoms with Gasteiger partial charge in [0.2, 0.25) is 5.43 Å². The molecule has 28 heavy (non-hydrogen) atoms. The molecule has 3 rings (SSSR count). The number of nitrogens with zero attached hydrogens (tertiary/aromatic N) is 2. The lowest BCUT2D eigenvalue weighted by Gasteiger charge is -2.20. The Kier molecular flexibility index (Phi) is 5.10. The van der Waals surface area contributed by atoms with Crippen molar-refractivity contribution in [2.75, 3.05) is 18.0 Å². The van der Waals surface area contributed by atoms with Gasteiger partial charge in [0.25, 0.3) is 0 Å². The standard InChI is InChI=1S/C19H21F2N3O4/c1-19(2,3)9-23-10-4-5-24(8-10)16-12(20)6-11-15(14(16)21)22-7-13(17(11)25)28-18(26)27/h6-7,9-10H,4-5,8H2,1-3H3,(H,22,25)(H,26,27). The average molecular weight is 393 g/mol. The molecule has 2 heterocycles. The van der Waals surface area contributed by atoms with Gasteiger partial charge >= 0.3 is 6.16 Å². The molecule has 7 nitrogen and oxygen atoms in total. The Balaban J connectivity index is 1.96. The van der Waals surface area contributed by atoms with Crippen molar-refractivity contribution in [3.8, 4) is 5.75 Å². The molecule has 0 saturated carbocycles. The van der Waals surface area contributed by atoms with E-state index in [2.05, 4.69) is 14.7 Å². The molecule has 9 heteroatoms. The van der Waals surface area contributed by atoms with Crippen molar-refractivity contribution in [2.24, 2.45) is 10.4 Å². The predicted octanol–water partition coefficient (Wildman–Crippen LogP) is 3.56. The van der Waals surface area contributed by atoms with Crippen molar-refractivity contribution in [3.05, 3.63) is 34.1 Å². The van der Waals surface area contributed by atoms with Crippen molar-refractivity contribution in [3.63, 3.8) is 0 Å². The van der Waals surface area contributed by atoms with Gasteiger partial charge in [-0.1, -0.05) is 20.8 Å². The average Bonchev–Trinajstić information content (AvgIpc) is 3.04. The molecule has 0 aliphatic carbocycles. The SMILES string of the molecule is CC(C)(C)C=NC1CCN(c2c(F)cc3c(=O)c(OC(=O)O)c[nH]c3c2F)C1. The number of pyridine rings is 1. The summed E-state index contributed by atoms with van der Waals surface area (Å²) in [7, 11) is 0. The minimum atomic E-state index is -1.69. The number of anilines is 1. The molecule has 1 aliphatic heterocycles. The van der Waals surface area contributed by atoms with E-state index in [0.717, 1.165) is 12.3 Å². The van der Waals surface area contributed by atoms with Crippen LogP contribution in [-0.2, 0) is 0 Å². The summed E-state index contributed by atoms with van der Waals surface area (Å²) in [5.74, 6) is -2.36. The van der Waals surface area contributed by atoms with Crippen molar-refractivity contribution in [1.29, 1.82) is 0 Å². The third-order valence-corrected chi connectivity index (χ3v) is 4.36. The molecule has 1 saturated heterocycles. The highest BCUT2D eigenvalue weighted by atomic mass is 19.1. The lowest BCUT2D eigenvalue weighted by atomic mass is 9.99. The first-order valence-electron chi connectivity index (χ1n) is 8.80. The molecule has 0 bridgehead atoms. The van der Waals surface area contributed by atoms with Gasteiger partial charge in [-0.15, -0.1) is 0 Å². The number of nitrogens with one attached hydrogen (secondary N) is 1. The van der Waals surface area contributed by atoms with E-state index >= 15 is 4.39 Å². The lowest BCUT2D eigenvalue weighted by Crippen LogP contribution is -2.24. The van der Waals surface area contributed by atoms with Crippen LogP contribution in [0, 0.1) is 17.0 Å². The van der Waals surface area contributed by atoms with Gasteiger partial charge in [0, 0.05) is 25.5 Å². The summed E-state index contributed by atoms with van der Waals surface area (Å²) in [6, 6.07) is 0.826. The van der Waals surface area contributed by atoms with Gasteiger partial charge < -0.3 is 19.7 Å². The molecule has 1 fully saturated rings. The number of hydrogen-bond donors (Lipinski definition) is 2. The summed E-state index contributed by atoms with van der Waals surface area (Å²) >= 11 is 0. The van der Waals surface area contributed by atoms with Crippen LogP contribution in [0.4, 0.5) is 19.3 Å². The van der Waals surface area contributed by atoms with Crippen LogP contribution in [0.1, 0.15) is 27.2 Å². The number of hydrogen-bond acceptors (Lipinski definition) is 5. The van der Waals surface area contributed by atoms with E-state index in [4.69, 9.17) is 5.11 Å². The number of carboxylic acid groups (broad SMARTS) is 1. The molecule has 0 spiro atoms. The van der Waals surface area contributed by atoms with Gasteiger partial charge in [0.05, 0.1) is 16.9 Å². The van der Waals surface area contributed by atoms with Gasteiger partial charge in [0.15, 0.2) is 11.6 Å². The van der Waals surface area contributed by atoms with Crippen molar-refractivity contribution in [1.82, 2.24) is 4.98 Å². The second-order valence-electron chi connectivity index (χ2n) is 7.83. The van der Waals surface area contributed by atoms with Gasteiger partial charge in [-0.2, -0.15) is 0 Å². The summed E-state index contributed by atoms with van der Waals surface area (Å²) in [5, 5.41) is 8.32. The van der Waals surface area contributed by atoms with Crippen LogP contribution in [0.3, 0.4) is 0 Å². The molecule has 1 aliphatic rings. The molecule has 150 valence electrons. The Morgan fingerprint density at radius 1 is 1.43 bits per heavy atom. The minimum absolute atomic E-state index is 0.0703. The van der Waals surface area contributed by atoms with E-state index < -0.39 is 29.0 Å². The summed E-state index contributed by atoms with van der Waals surface area (Å²) in [5.41, 5.74) is -1.43. The van der Waals surface area contributed by atoms with Crippen molar-refractivity contribution < 1.29 is 23.4 Å². The zero-order valence-electron chi connectivity index (χ0n) is 15.8. The summed E-state index contributed by atoms with van der Waals surface area (Å²) in [6.07, 6.45) is 1.76. The summed E-state index contributed by atoms with van der Waals surface area (Å²) < 4.78 is 34.0. The van der Waals surface area contributed by atoms with E-state index in [1.165, 1.54) is 0 Å². The number of rotatable bonds is 3. The van der Waals surface area contributed by atoms with Gasteiger partial charge in [-0.3, -0.25) is 9.79 Å². The number of aromatic amines is 1. The fourth-order valence-electron chi connectivity index (χ4n) is 3.12. The molecule has 2 N–H and O–H groups in total. The van der Waals surface area contributed by atoms with Crippen molar-refractivity contribution >= 4 is 29.0 Å². The highest BCUT2D eigenvalue weighted by Crippen LogP contribution is 2.32. The highest BCUT2D eigenvalue weighted by Gasteiger charge is 2.29. The number of carbonyl (C=O) groups is 1. The highest BCUT2D eigenvalue weighted by molar-refractivity contribution is 5.85. The van der Waals surface area contributed by atoms with Crippen LogP contribution in [-0.4, -0.2) is 41.6 Å². The normalized spacial score (nSPS) is 17.6. The molecule has 0 radical (unpaired) electrons. The molecule has 1 aromatic heterocycles. The number of H-pyrrole nitrogens is 1. The number of aliphatic imine (C=N–C) groups is 1. The first kappa shape index (κ1) is 19.8. The number of ether oxygens (including phenoxy) is 1. The first-order chi connectivity index (χ1) is 13.1. The Morgan fingerprint density at radius 2 is 2.14 bits per heavy atom. The molecule has 2 aromatic rings. The topological polar surface area (TPSA) is 95.0 Å². The Bertz CT molecular complexity index is 1010. The third kappa shape index (κ3) is 3.97. The molecular weight excluding hydrogens is 372 g/mol. The van der Waals surface area contributed by atoms with Crippen LogP contribution in [0.15, 0.2) is 22.1 Å². The maximum atomic E-state index is 15.0. The van der Waals surface area contributed by atoms with Crippen LogP contribution in [0.2, 0.25) is 0 Å². The number of fused-ring (bicyclic) bond motifs is 1. The van der Waals surface area contributed by atoms with Gasteiger partial charge in [-0.25, -0.2) is 13.6 Å². The monoisotopic (exact) mass is 393 g/mol. The number of benzene rings is 1. The molecular formula is C19H21F2N3O4. The summed E-state index contributed by atoms with van der Waals surface area (Å²) in [6.45, 7) is 6.84. The second-order valence-corrected chi connectivity index (χ2v) is 7.83. The zero-order chi connectivity index (χ0) is 20.6. The van der Waals surface area contributed by atoms with E-state index in [0.29, 0.717) is 19.5 Å². The van der Waals surface area contributed by atoms with Crippen LogP contribution >= 0.6 is 0 Å². The van der Waals surface area contributed by atoms with Crippen LogP contribution in [0.5, 0.6) is 5.75 Å². The van der Waals surface area contributed by atoms with Crippen molar-refractivity contribution in [2.45, 2.75) is 33.2 Å². The van der Waals surface area contributed by atoms with Gasteiger partial charge in [0.1, 0.15) is 11.5 Å². The molecule has 0 amide bonds. The fraction of sp³-hybridized carbons (Fsp3) is 0.421. The maximum absolute atomic E-state index is 15.0. The molecule has 1 unspecified atom stereocenters. The minimum Gasteiger partial charge on any atom is -0.449 e. The van der Waals surface area contributed by atoms with E-state index in [1.807, 2.05) is 27.0 Å². The Morgan fingerprint density at radius 3 is 2.79 bits per heavy atom. The molecule has 1 aromatic carbocycles. The number of aromatic nitrogens is 1. The third-order valence-electron chi connectivity index (χ3n) is 4.36. The van der Waals surface area contributed by atoms with Gasteiger partial charge in [-0.05, 0) is 17.9 Å². The molecule has 1 atom stereocenters. The fourth-order valence-corrected chi connectivity index (χ4v) is 3.12. The Labute approximate surface area is 159 Å².